The zero-order valence-electron chi connectivity index (χ0n) is 5.57. The van der Waals surface area contributed by atoms with Gasteiger partial charge in [-0.3, -0.25) is 4.79 Å². The molecule has 0 saturated heterocycles. The summed E-state index contributed by atoms with van der Waals surface area (Å²) in [5.74, 6) is 0.765. The van der Waals surface area contributed by atoms with Crippen LogP contribution in [-0.2, 0) is 4.79 Å². The van der Waals surface area contributed by atoms with Crippen molar-refractivity contribution in [3.63, 3.8) is 0 Å². The molecule has 0 unspecified atom stereocenters. The van der Waals surface area contributed by atoms with Crippen LogP contribution in [0.25, 0.3) is 0 Å². The van der Waals surface area contributed by atoms with E-state index in [-0.39, 0.29) is 12.5 Å². The molecule has 2 heterocycles. The molecule has 2 rings (SSSR count). The van der Waals surface area contributed by atoms with Crippen molar-refractivity contribution in [1.82, 2.24) is 10.2 Å². The molecule has 0 saturated carbocycles. The molecule has 0 radical (unpaired) electrons. The molecule has 1 amide bonds. The maximum absolute atomic E-state index is 10.7. The number of hydrogen-bond donors (Lipinski definition) is 1. The fourth-order valence-electron chi connectivity index (χ4n) is 0.835. The lowest BCUT2D eigenvalue weighted by Gasteiger charge is -2.14. The van der Waals surface area contributed by atoms with Crippen molar-refractivity contribution < 1.29 is 9.53 Å². The fourth-order valence-corrected chi connectivity index (χ4v) is 0.835. The van der Waals surface area contributed by atoms with E-state index in [1.807, 2.05) is 0 Å². The highest BCUT2D eigenvalue weighted by molar-refractivity contribution is 5.93. The Morgan fingerprint density at radius 1 is 1.64 bits per heavy atom. The minimum Gasteiger partial charge on any atom is -0.480 e. The van der Waals surface area contributed by atoms with E-state index < -0.39 is 0 Å². The first kappa shape index (κ1) is 6.09. The zero-order valence-corrected chi connectivity index (χ0v) is 5.57. The van der Waals surface area contributed by atoms with Gasteiger partial charge in [0.15, 0.2) is 18.2 Å². The van der Waals surface area contributed by atoms with Gasteiger partial charge in [-0.2, -0.15) is 5.10 Å². The Hall–Kier alpha value is -1.65. The van der Waals surface area contributed by atoms with Crippen LogP contribution in [0.3, 0.4) is 0 Å². The molecule has 0 aromatic carbocycles. The highest BCUT2D eigenvalue weighted by Crippen LogP contribution is 2.22. The maximum Gasteiger partial charge on any atom is 0.263 e. The molecule has 1 aromatic heterocycles. The van der Waals surface area contributed by atoms with E-state index in [1.165, 1.54) is 6.20 Å². The van der Waals surface area contributed by atoms with Gasteiger partial charge in [-0.25, -0.2) is 0 Å². The van der Waals surface area contributed by atoms with Gasteiger partial charge in [0.25, 0.3) is 5.91 Å². The highest BCUT2D eigenvalue weighted by atomic mass is 16.5. The number of carbonyl (C=O) groups excluding carboxylic acids is 1. The van der Waals surface area contributed by atoms with Gasteiger partial charge in [0.05, 0.1) is 6.20 Å². The van der Waals surface area contributed by atoms with Crippen molar-refractivity contribution in [2.24, 2.45) is 0 Å². The van der Waals surface area contributed by atoms with E-state index in [0.717, 1.165) is 0 Å². The molecule has 1 aliphatic rings. The normalized spacial score (nSPS) is 14.7. The lowest BCUT2D eigenvalue weighted by Crippen LogP contribution is -2.26. The Labute approximate surface area is 62.4 Å². The molecule has 5 heteroatoms. The van der Waals surface area contributed by atoms with Gasteiger partial charge in [-0.05, 0) is 0 Å². The van der Waals surface area contributed by atoms with Gasteiger partial charge in [-0.1, -0.05) is 0 Å². The van der Waals surface area contributed by atoms with Crippen LogP contribution in [0, 0.1) is 0 Å². The summed E-state index contributed by atoms with van der Waals surface area (Å²) in [6.45, 7) is 0.0543. The summed E-state index contributed by atoms with van der Waals surface area (Å²) in [5.41, 5.74) is 0. The van der Waals surface area contributed by atoms with Gasteiger partial charge >= 0.3 is 0 Å². The van der Waals surface area contributed by atoms with Crippen LogP contribution < -0.4 is 10.1 Å². The van der Waals surface area contributed by atoms with Gasteiger partial charge in [-0.15, -0.1) is 5.10 Å². The third-order valence-corrected chi connectivity index (χ3v) is 1.30. The summed E-state index contributed by atoms with van der Waals surface area (Å²) in [6.07, 6.45) is 1.51. The number of carbonyl (C=O) groups is 1. The summed E-state index contributed by atoms with van der Waals surface area (Å²) in [6, 6.07) is 1.65. The number of nitrogens with zero attached hydrogens (tertiary/aromatic N) is 2. The minimum absolute atomic E-state index is 0.0543. The largest absolute Gasteiger partial charge is 0.480 e. The van der Waals surface area contributed by atoms with Gasteiger partial charge < -0.3 is 10.1 Å². The van der Waals surface area contributed by atoms with E-state index >= 15 is 0 Å². The van der Waals surface area contributed by atoms with Crippen LogP contribution >= 0.6 is 0 Å². The van der Waals surface area contributed by atoms with Gasteiger partial charge in [0.2, 0.25) is 0 Å². The van der Waals surface area contributed by atoms with Crippen LogP contribution in [0.2, 0.25) is 0 Å². The Bertz CT molecular complexity index is 300. The van der Waals surface area contributed by atoms with E-state index in [0.29, 0.717) is 11.6 Å². The fraction of sp³-hybridized carbons (Fsp3) is 0.167. The molecule has 0 aliphatic carbocycles. The number of amides is 1. The summed E-state index contributed by atoms with van der Waals surface area (Å²) < 4.78 is 5.02. The van der Waals surface area contributed by atoms with Crippen LogP contribution in [0.5, 0.6) is 5.75 Å². The van der Waals surface area contributed by atoms with Crippen molar-refractivity contribution in [3.8, 4) is 5.75 Å². The molecular formula is C6H5N3O2. The molecular weight excluding hydrogens is 146 g/mol. The number of nitrogens with one attached hydrogen (secondary N) is 1. The Balaban J connectivity index is 2.41. The van der Waals surface area contributed by atoms with Crippen molar-refractivity contribution in [3.05, 3.63) is 12.3 Å². The third kappa shape index (κ3) is 1.000. The summed E-state index contributed by atoms with van der Waals surface area (Å²) >= 11 is 0. The van der Waals surface area contributed by atoms with E-state index in [2.05, 4.69) is 15.5 Å². The second-order valence-corrected chi connectivity index (χ2v) is 2.08. The monoisotopic (exact) mass is 151 g/mol. The predicted octanol–water partition coefficient (Wildman–Crippen LogP) is -0.193. The molecule has 1 N–H and O–H groups in total. The van der Waals surface area contributed by atoms with Crippen molar-refractivity contribution in [2.45, 2.75) is 0 Å². The van der Waals surface area contributed by atoms with E-state index in [9.17, 15) is 4.79 Å². The van der Waals surface area contributed by atoms with Gasteiger partial charge in [0.1, 0.15) is 0 Å². The van der Waals surface area contributed by atoms with E-state index in [4.69, 9.17) is 4.74 Å². The smallest absolute Gasteiger partial charge is 0.263 e. The number of rotatable bonds is 0. The molecule has 0 spiro atoms. The standard InChI is InChI=1S/C6H5N3O2/c10-5-3-11-4-1-2-7-9-6(4)8-5/h1-2H,3H2,(H,8,9,10). The van der Waals surface area contributed by atoms with Crippen LogP contribution in [0.1, 0.15) is 0 Å². The molecule has 0 atom stereocenters. The average Bonchev–Trinajstić information content (AvgIpc) is 2.04. The highest BCUT2D eigenvalue weighted by Gasteiger charge is 2.15. The molecule has 1 aromatic rings. The number of ether oxygens (including phenoxy) is 1. The third-order valence-electron chi connectivity index (χ3n) is 1.30. The first-order valence-electron chi connectivity index (χ1n) is 3.10. The number of fused-ring (bicyclic) bond motifs is 1. The Kier molecular flexibility index (Phi) is 1.21. The number of aromatic nitrogens is 2. The summed E-state index contributed by atoms with van der Waals surface area (Å²) in [7, 11) is 0. The topological polar surface area (TPSA) is 64.1 Å². The quantitative estimate of drug-likeness (QED) is 0.558. The lowest BCUT2D eigenvalue weighted by atomic mass is 10.4. The van der Waals surface area contributed by atoms with Crippen LogP contribution in [0.15, 0.2) is 12.3 Å². The van der Waals surface area contributed by atoms with Crippen molar-refractivity contribution >= 4 is 11.7 Å². The van der Waals surface area contributed by atoms with Crippen LogP contribution in [0.4, 0.5) is 5.82 Å². The minimum atomic E-state index is -0.196. The SMILES string of the molecule is O=C1COc2ccnnc2N1. The maximum atomic E-state index is 10.7. The van der Waals surface area contributed by atoms with Crippen molar-refractivity contribution in [2.75, 3.05) is 11.9 Å². The summed E-state index contributed by atoms with van der Waals surface area (Å²) in [4.78, 5) is 10.7. The molecule has 0 bridgehead atoms. The first-order valence-corrected chi connectivity index (χ1v) is 3.10. The van der Waals surface area contributed by atoms with Gasteiger partial charge in [0, 0.05) is 6.07 Å². The lowest BCUT2D eigenvalue weighted by molar-refractivity contribution is -0.118. The zero-order chi connectivity index (χ0) is 7.68. The molecule has 5 nitrogen and oxygen atoms in total. The van der Waals surface area contributed by atoms with E-state index in [1.54, 1.807) is 6.07 Å². The second kappa shape index (κ2) is 2.19. The molecule has 0 fully saturated rings. The molecule has 11 heavy (non-hydrogen) atoms. The summed E-state index contributed by atoms with van der Waals surface area (Å²) in [5, 5.41) is 9.77. The number of hydrogen-bond acceptors (Lipinski definition) is 4. The second-order valence-electron chi connectivity index (χ2n) is 2.08. The number of anilines is 1. The molecule has 56 valence electrons. The van der Waals surface area contributed by atoms with Crippen molar-refractivity contribution in [1.29, 1.82) is 0 Å². The average molecular weight is 151 g/mol. The van der Waals surface area contributed by atoms with Crippen LogP contribution in [-0.4, -0.2) is 22.7 Å². The first-order chi connectivity index (χ1) is 5.36. The Morgan fingerprint density at radius 2 is 2.55 bits per heavy atom. The molecule has 1 aliphatic heterocycles. The Morgan fingerprint density at radius 3 is 3.45 bits per heavy atom. The predicted molar refractivity (Wildman–Crippen MR) is 36.2 cm³/mol.